The van der Waals surface area contributed by atoms with Gasteiger partial charge < -0.3 is 0 Å². The summed E-state index contributed by atoms with van der Waals surface area (Å²) in [7, 11) is 1.82. The van der Waals surface area contributed by atoms with Crippen LogP contribution in [0.2, 0.25) is 0 Å². The number of aryl methyl sites for hydroxylation is 1. The Kier molecular flexibility index (Phi) is 1.53. The van der Waals surface area contributed by atoms with Crippen molar-refractivity contribution in [3.63, 3.8) is 0 Å². The number of rotatable bonds is 2. The normalized spacial score (nSPS) is 16.5. The Balaban J connectivity index is 2.36. The molecule has 1 saturated carbocycles. The number of carbonyl (C=O) groups excluding carboxylic acids is 1. The summed E-state index contributed by atoms with van der Waals surface area (Å²) in [5.74, 6) is 0.723. The van der Waals surface area contributed by atoms with Gasteiger partial charge in [-0.05, 0) is 18.9 Å². The first-order valence-electron chi connectivity index (χ1n) is 4.23. The monoisotopic (exact) mass is 164 g/mol. The van der Waals surface area contributed by atoms with Crippen LogP contribution >= 0.6 is 0 Å². The number of ketones is 1. The van der Waals surface area contributed by atoms with Crippen molar-refractivity contribution < 1.29 is 4.79 Å². The second kappa shape index (κ2) is 2.44. The Bertz CT molecular complexity index is 323. The van der Waals surface area contributed by atoms with Gasteiger partial charge in [-0.15, -0.1) is 0 Å². The molecule has 0 atom stereocenters. The number of hydrogen-bond donors (Lipinski definition) is 0. The van der Waals surface area contributed by atoms with Gasteiger partial charge in [0.2, 0.25) is 0 Å². The topological polar surface area (TPSA) is 34.9 Å². The summed E-state index contributed by atoms with van der Waals surface area (Å²) >= 11 is 0. The lowest BCUT2D eigenvalue weighted by molar-refractivity contribution is 0.100. The Morgan fingerprint density at radius 3 is 2.75 bits per heavy atom. The summed E-state index contributed by atoms with van der Waals surface area (Å²) in [5.41, 5.74) is 1.81. The van der Waals surface area contributed by atoms with Crippen molar-refractivity contribution in [1.82, 2.24) is 9.78 Å². The summed E-state index contributed by atoms with van der Waals surface area (Å²) in [5, 5.41) is 4.29. The molecule has 64 valence electrons. The molecule has 1 aromatic heterocycles. The molecule has 0 radical (unpaired) electrons. The summed E-state index contributed by atoms with van der Waals surface area (Å²) in [6.45, 7) is 1.58. The molecule has 0 bridgehead atoms. The van der Waals surface area contributed by atoms with E-state index in [1.807, 2.05) is 13.1 Å². The molecule has 0 spiro atoms. The molecule has 2 rings (SSSR count). The third-order valence-electron chi connectivity index (χ3n) is 2.26. The smallest absolute Gasteiger partial charge is 0.177 e. The van der Waals surface area contributed by atoms with Gasteiger partial charge >= 0.3 is 0 Å². The molecule has 0 N–H and O–H groups in total. The van der Waals surface area contributed by atoms with Crippen LogP contribution in [0.5, 0.6) is 0 Å². The predicted octanol–water partition coefficient (Wildman–Crippen LogP) is 1.50. The maximum absolute atomic E-state index is 11.1. The number of carbonyl (C=O) groups is 1. The first-order valence-corrected chi connectivity index (χ1v) is 4.23. The van der Waals surface area contributed by atoms with Crippen molar-refractivity contribution in [3.05, 3.63) is 17.5 Å². The molecule has 0 amide bonds. The van der Waals surface area contributed by atoms with Crippen LogP contribution in [-0.2, 0) is 7.05 Å². The van der Waals surface area contributed by atoms with Gasteiger partial charge in [-0.2, -0.15) is 5.10 Å². The van der Waals surface area contributed by atoms with Gasteiger partial charge in [0.05, 0.1) is 5.69 Å². The maximum atomic E-state index is 11.1. The Morgan fingerprint density at radius 1 is 1.67 bits per heavy atom. The molecule has 1 fully saturated rings. The lowest BCUT2D eigenvalue weighted by atomic mass is 10.2. The first-order chi connectivity index (χ1) is 5.68. The van der Waals surface area contributed by atoms with Gasteiger partial charge in [0.15, 0.2) is 5.78 Å². The predicted molar refractivity (Wildman–Crippen MR) is 45.2 cm³/mol. The van der Waals surface area contributed by atoms with Crippen LogP contribution in [0.4, 0.5) is 0 Å². The average molecular weight is 164 g/mol. The first kappa shape index (κ1) is 7.53. The minimum absolute atomic E-state index is 0.0944. The fourth-order valence-corrected chi connectivity index (χ4v) is 1.40. The van der Waals surface area contributed by atoms with Gasteiger partial charge in [-0.25, -0.2) is 0 Å². The van der Waals surface area contributed by atoms with Gasteiger partial charge in [0, 0.05) is 19.9 Å². The van der Waals surface area contributed by atoms with Crippen molar-refractivity contribution >= 4 is 5.78 Å². The highest BCUT2D eigenvalue weighted by Gasteiger charge is 2.27. The molecule has 1 aliphatic carbocycles. The third-order valence-corrected chi connectivity index (χ3v) is 2.26. The van der Waals surface area contributed by atoms with E-state index in [9.17, 15) is 4.79 Å². The van der Waals surface area contributed by atoms with Gasteiger partial charge in [-0.1, -0.05) is 0 Å². The molecule has 1 heterocycles. The maximum Gasteiger partial charge on any atom is 0.177 e. The van der Waals surface area contributed by atoms with Crippen LogP contribution in [0.25, 0.3) is 0 Å². The van der Waals surface area contributed by atoms with Gasteiger partial charge in [0.25, 0.3) is 0 Å². The molecular weight excluding hydrogens is 152 g/mol. The summed E-state index contributed by atoms with van der Waals surface area (Å²) in [4.78, 5) is 11.1. The fourth-order valence-electron chi connectivity index (χ4n) is 1.40. The largest absolute Gasteiger partial charge is 0.293 e. The minimum Gasteiger partial charge on any atom is -0.293 e. The van der Waals surface area contributed by atoms with E-state index in [2.05, 4.69) is 5.10 Å². The van der Waals surface area contributed by atoms with Crippen LogP contribution in [0, 0.1) is 0 Å². The quantitative estimate of drug-likeness (QED) is 0.621. The number of aromatic nitrogens is 2. The summed E-state index contributed by atoms with van der Waals surface area (Å²) in [6.07, 6.45) is 2.46. The Hall–Kier alpha value is -1.12. The molecule has 0 unspecified atom stereocenters. The standard InChI is InChI=1S/C9H12N2O/c1-6(12)9-5-8(7-3-4-7)10-11(9)2/h5,7H,3-4H2,1-2H3. The molecule has 3 nitrogen and oxygen atoms in total. The van der Waals surface area contributed by atoms with E-state index in [-0.39, 0.29) is 5.78 Å². The zero-order chi connectivity index (χ0) is 8.72. The van der Waals surface area contributed by atoms with Gasteiger partial charge in [0.1, 0.15) is 5.69 Å². The van der Waals surface area contributed by atoms with Gasteiger partial charge in [-0.3, -0.25) is 9.48 Å². The van der Waals surface area contributed by atoms with Crippen molar-refractivity contribution in [2.45, 2.75) is 25.7 Å². The van der Waals surface area contributed by atoms with Crippen LogP contribution in [0.3, 0.4) is 0 Å². The zero-order valence-electron chi connectivity index (χ0n) is 7.37. The van der Waals surface area contributed by atoms with Crippen LogP contribution in [0.1, 0.15) is 41.9 Å². The average Bonchev–Trinajstić information content (AvgIpc) is 2.75. The van der Waals surface area contributed by atoms with Crippen LogP contribution < -0.4 is 0 Å². The highest BCUT2D eigenvalue weighted by molar-refractivity contribution is 5.92. The van der Waals surface area contributed by atoms with E-state index in [0.29, 0.717) is 5.92 Å². The molecular formula is C9H12N2O. The second-order valence-corrected chi connectivity index (χ2v) is 3.41. The molecule has 0 aliphatic heterocycles. The molecule has 12 heavy (non-hydrogen) atoms. The highest BCUT2D eigenvalue weighted by atomic mass is 16.1. The molecule has 1 aromatic rings. The third kappa shape index (κ3) is 1.15. The van der Waals surface area contributed by atoms with Crippen molar-refractivity contribution in [2.75, 3.05) is 0 Å². The van der Waals surface area contributed by atoms with Crippen LogP contribution in [-0.4, -0.2) is 15.6 Å². The molecule has 1 aliphatic rings. The number of Topliss-reactive ketones (excluding diaryl/α,β-unsaturated/α-hetero) is 1. The van der Waals surface area contributed by atoms with E-state index in [0.717, 1.165) is 11.4 Å². The molecule has 0 saturated heterocycles. The Labute approximate surface area is 71.4 Å². The summed E-state index contributed by atoms with van der Waals surface area (Å²) in [6, 6.07) is 1.92. The van der Waals surface area contributed by atoms with Crippen LogP contribution in [0.15, 0.2) is 6.07 Å². The molecule has 0 aromatic carbocycles. The van der Waals surface area contributed by atoms with E-state index in [1.165, 1.54) is 12.8 Å². The van der Waals surface area contributed by atoms with Crippen molar-refractivity contribution in [2.24, 2.45) is 7.05 Å². The van der Waals surface area contributed by atoms with E-state index in [4.69, 9.17) is 0 Å². The molecule has 3 heteroatoms. The van der Waals surface area contributed by atoms with Crippen molar-refractivity contribution in [1.29, 1.82) is 0 Å². The zero-order valence-corrected chi connectivity index (χ0v) is 7.37. The van der Waals surface area contributed by atoms with E-state index < -0.39 is 0 Å². The van der Waals surface area contributed by atoms with E-state index >= 15 is 0 Å². The highest BCUT2D eigenvalue weighted by Crippen LogP contribution is 2.39. The second-order valence-electron chi connectivity index (χ2n) is 3.41. The van der Waals surface area contributed by atoms with Crippen molar-refractivity contribution in [3.8, 4) is 0 Å². The lowest BCUT2D eigenvalue weighted by Gasteiger charge is -1.92. The fraction of sp³-hybridized carbons (Fsp3) is 0.556. The number of hydrogen-bond acceptors (Lipinski definition) is 2. The summed E-state index contributed by atoms with van der Waals surface area (Å²) < 4.78 is 1.68. The SMILES string of the molecule is CC(=O)c1cc(C2CC2)nn1C. The lowest BCUT2D eigenvalue weighted by Crippen LogP contribution is -2.02. The number of nitrogens with zero attached hydrogens (tertiary/aromatic N) is 2. The Morgan fingerprint density at radius 2 is 2.33 bits per heavy atom. The minimum atomic E-state index is 0.0944. The van der Waals surface area contributed by atoms with E-state index in [1.54, 1.807) is 11.6 Å².